The fourth-order valence-electron chi connectivity index (χ4n) is 5.90. The van der Waals surface area contributed by atoms with E-state index in [2.05, 4.69) is 10.2 Å². The molecular weight excluding hydrogens is 558 g/mol. The number of hydrogen-bond acceptors (Lipinski definition) is 12. The summed E-state index contributed by atoms with van der Waals surface area (Å²) in [6.07, 6.45) is 2.46. The zero-order chi connectivity index (χ0) is 32.3. The quantitative estimate of drug-likeness (QED) is 0.210. The van der Waals surface area contributed by atoms with Crippen molar-refractivity contribution in [2.75, 3.05) is 21.2 Å². The van der Waals surface area contributed by atoms with Crippen molar-refractivity contribution in [2.24, 2.45) is 16.1 Å². The van der Waals surface area contributed by atoms with Crippen molar-refractivity contribution >= 4 is 23.2 Å². The Balaban J connectivity index is 0.000000448. The van der Waals surface area contributed by atoms with Gasteiger partial charge in [-0.2, -0.15) is 10.2 Å². The molecule has 0 aromatic heterocycles. The average Bonchev–Trinajstić information content (AvgIpc) is 3.47. The molecule has 0 bridgehead atoms. The first-order valence-corrected chi connectivity index (χ1v) is 15.7. The normalized spacial score (nSPS) is 37.9. The SMILES string of the molecule is CC1CC(N(C)C)C(O)C(O)O1.CC[C@H]1OC(=O)CC(=O)CCC(OC)CC/C(=N\N=C2CCCC2)C(C)C(O)C1(C)O. The Morgan fingerprint density at radius 2 is 1.65 bits per heavy atom. The molecule has 2 aliphatic heterocycles. The highest BCUT2D eigenvalue weighted by molar-refractivity contribution is 5.95. The van der Waals surface area contributed by atoms with Gasteiger partial charge in [0.1, 0.15) is 30.0 Å². The molecule has 8 unspecified atom stereocenters. The first-order chi connectivity index (χ1) is 20.2. The van der Waals surface area contributed by atoms with Crippen LogP contribution in [0.2, 0.25) is 0 Å². The minimum Gasteiger partial charge on any atom is -0.459 e. The number of Topliss-reactive ketones (excluding diaryl/α,β-unsaturated/α-hetero) is 1. The second-order valence-electron chi connectivity index (χ2n) is 12.6. The monoisotopic (exact) mass is 613 g/mol. The Bertz CT molecular complexity index is 947. The van der Waals surface area contributed by atoms with E-state index in [-0.39, 0.29) is 36.9 Å². The minimum absolute atomic E-state index is 0.01000. The number of methoxy groups -OCH3 is 1. The highest BCUT2D eigenvalue weighted by Crippen LogP contribution is 2.29. The van der Waals surface area contributed by atoms with E-state index in [1.165, 1.54) is 6.92 Å². The summed E-state index contributed by atoms with van der Waals surface area (Å²) in [6.45, 7) is 6.92. The van der Waals surface area contributed by atoms with Crippen molar-refractivity contribution in [1.29, 1.82) is 0 Å². The zero-order valence-corrected chi connectivity index (χ0v) is 27.1. The summed E-state index contributed by atoms with van der Waals surface area (Å²) < 4.78 is 16.0. The Hall–Kier alpha value is -1.80. The Morgan fingerprint density at radius 1 is 1.02 bits per heavy atom. The summed E-state index contributed by atoms with van der Waals surface area (Å²) in [5, 5.41) is 49.9. The van der Waals surface area contributed by atoms with Gasteiger partial charge in [-0.25, -0.2) is 0 Å². The lowest BCUT2D eigenvalue weighted by molar-refractivity contribution is -0.230. The van der Waals surface area contributed by atoms with Crippen molar-refractivity contribution in [2.45, 2.75) is 147 Å². The van der Waals surface area contributed by atoms with Crippen LogP contribution in [0.3, 0.4) is 0 Å². The molecule has 1 aliphatic carbocycles. The lowest BCUT2D eigenvalue weighted by Crippen LogP contribution is -2.55. The summed E-state index contributed by atoms with van der Waals surface area (Å²) in [5.74, 6) is -1.42. The third-order valence-electron chi connectivity index (χ3n) is 8.83. The Morgan fingerprint density at radius 3 is 2.23 bits per heavy atom. The first-order valence-electron chi connectivity index (χ1n) is 15.7. The van der Waals surface area contributed by atoms with E-state index in [0.717, 1.165) is 37.8 Å². The predicted molar refractivity (Wildman–Crippen MR) is 163 cm³/mol. The van der Waals surface area contributed by atoms with Crippen LogP contribution in [-0.2, 0) is 23.8 Å². The van der Waals surface area contributed by atoms with Crippen LogP contribution in [0.15, 0.2) is 10.2 Å². The first kappa shape index (κ1) is 37.4. The number of esters is 1. The molecular formula is C31H55N3O9. The maximum absolute atomic E-state index is 12.3. The van der Waals surface area contributed by atoms with Crippen molar-refractivity contribution in [3.8, 4) is 0 Å². The van der Waals surface area contributed by atoms with Crippen molar-refractivity contribution in [1.82, 2.24) is 4.90 Å². The van der Waals surface area contributed by atoms with Crippen LogP contribution >= 0.6 is 0 Å². The highest BCUT2D eigenvalue weighted by atomic mass is 16.6. The van der Waals surface area contributed by atoms with Gasteiger partial charge in [0.05, 0.1) is 18.3 Å². The molecule has 12 nitrogen and oxygen atoms in total. The van der Waals surface area contributed by atoms with Crippen LogP contribution in [0.4, 0.5) is 0 Å². The molecule has 0 aromatic rings. The molecule has 1 saturated carbocycles. The van der Waals surface area contributed by atoms with Crippen molar-refractivity contribution in [3.63, 3.8) is 0 Å². The van der Waals surface area contributed by atoms with Crippen LogP contribution in [0.5, 0.6) is 0 Å². The van der Waals surface area contributed by atoms with Crippen LogP contribution in [0, 0.1) is 5.92 Å². The smallest absolute Gasteiger partial charge is 0.313 e. The molecule has 0 aromatic carbocycles. The van der Waals surface area contributed by atoms with E-state index in [1.807, 2.05) is 25.9 Å². The highest BCUT2D eigenvalue weighted by Gasteiger charge is 2.44. The topological polar surface area (TPSA) is 171 Å². The van der Waals surface area contributed by atoms with Crippen molar-refractivity contribution in [3.05, 3.63) is 0 Å². The van der Waals surface area contributed by atoms with E-state index in [9.17, 15) is 30.0 Å². The van der Waals surface area contributed by atoms with Gasteiger partial charge in [-0.3, -0.25) is 9.59 Å². The number of aliphatic hydroxyl groups excluding tert-OH is 3. The minimum atomic E-state index is -1.71. The lowest BCUT2D eigenvalue weighted by atomic mass is 9.80. The van der Waals surface area contributed by atoms with E-state index in [0.29, 0.717) is 31.4 Å². The number of ketones is 1. The number of hydrogen-bond donors (Lipinski definition) is 4. The number of ether oxygens (including phenoxy) is 3. The number of carbonyl (C=O) groups excluding carboxylic acids is 2. The molecule has 9 atom stereocenters. The molecule has 2 heterocycles. The number of likely N-dealkylation sites (N-methyl/N-ethyl adjacent to an activating group) is 1. The molecule has 2 saturated heterocycles. The molecule has 43 heavy (non-hydrogen) atoms. The van der Waals surface area contributed by atoms with Gasteiger partial charge in [-0.1, -0.05) is 13.8 Å². The van der Waals surface area contributed by atoms with Crippen molar-refractivity contribution < 1.29 is 44.2 Å². The van der Waals surface area contributed by atoms with Crippen LogP contribution in [-0.4, -0.2) is 118 Å². The van der Waals surface area contributed by atoms with Gasteiger partial charge in [-0.05, 0) is 85.7 Å². The number of aliphatic hydroxyl groups is 4. The van der Waals surface area contributed by atoms with E-state index < -0.39 is 42.1 Å². The third kappa shape index (κ3) is 11.3. The standard InChI is InChI=1S/C23H38N2O6.C8H17NO3/c1-5-20-23(3,29)22(28)15(2)19(25-24-16-8-6-7-9-16)13-12-18(30-4)11-10-17(26)14-21(27)31-20;1-5-4-6(9(2)3)7(10)8(11)12-5/h15,18,20,22,28-29H,5-14H2,1-4H3;5-8,10-11H,4H2,1-3H3/b25-19+;/t15?,18?,20-,22?,23?;/m1./s1. The van der Waals surface area contributed by atoms with E-state index >= 15 is 0 Å². The summed E-state index contributed by atoms with van der Waals surface area (Å²) in [5.41, 5.74) is 0.00670. The summed E-state index contributed by atoms with van der Waals surface area (Å²) in [6, 6.07) is -0.0104. The van der Waals surface area contributed by atoms with Gasteiger partial charge >= 0.3 is 5.97 Å². The summed E-state index contributed by atoms with van der Waals surface area (Å²) in [4.78, 5) is 26.4. The summed E-state index contributed by atoms with van der Waals surface area (Å²) in [7, 11) is 5.37. The van der Waals surface area contributed by atoms with Gasteiger partial charge in [0.25, 0.3) is 0 Å². The lowest BCUT2D eigenvalue weighted by Gasteiger charge is -2.38. The van der Waals surface area contributed by atoms with Crippen LogP contribution in [0.25, 0.3) is 0 Å². The molecule has 4 N–H and O–H groups in total. The largest absolute Gasteiger partial charge is 0.459 e. The maximum atomic E-state index is 12.3. The van der Waals surface area contributed by atoms with Gasteiger partial charge in [-0.15, -0.1) is 0 Å². The average molecular weight is 614 g/mol. The van der Waals surface area contributed by atoms with Crippen LogP contribution in [0.1, 0.15) is 98.3 Å². The molecule has 12 heteroatoms. The van der Waals surface area contributed by atoms with E-state index in [4.69, 9.17) is 14.2 Å². The third-order valence-corrected chi connectivity index (χ3v) is 8.83. The summed E-state index contributed by atoms with van der Waals surface area (Å²) >= 11 is 0. The fourth-order valence-corrected chi connectivity index (χ4v) is 5.90. The van der Waals surface area contributed by atoms with E-state index in [1.54, 1.807) is 21.0 Å². The molecule has 0 spiro atoms. The van der Waals surface area contributed by atoms with Gasteiger partial charge in [0.15, 0.2) is 6.29 Å². The van der Waals surface area contributed by atoms with Gasteiger partial charge < -0.3 is 39.5 Å². The van der Waals surface area contributed by atoms with Gasteiger partial charge in [0.2, 0.25) is 0 Å². The second kappa shape index (κ2) is 17.6. The molecule has 3 aliphatic rings. The molecule has 0 radical (unpaired) electrons. The second-order valence-corrected chi connectivity index (χ2v) is 12.6. The van der Waals surface area contributed by atoms with Crippen LogP contribution < -0.4 is 0 Å². The van der Waals surface area contributed by atoms with Gasteiger partial charge in [0, 0.05) is 36.9 Å². The fraction of sp³-hybridized carbons (Fsp3) is 0.871. The number of nitrogens with zero attached hydrogens (tertiary/aromatic N) is 3. The Labute approximate surface area is 256 Å². The molecule has 248 valence electrons. The molecule has 3 rings (SSSR count). The predicted octanol–water partition coefficient (Wildman–Crippen LogP) is 2.38. The Kier molecular flexibility index (Phi) is 15.3. The number of cyclic esters (lactones) is 1. The molecule has 0 amide bonds. The maximum Gasteiger partial charge on any atom is 0.313 e. The zero-order valence-electron chi connectivity index (χ0n) is 27.1. The number of rotatable bonds is 4. The number of carbonyl (C=O) groups is 2. The molecule has 3 fully saturated rings.